The predicted octanol–water partition coefficient (Wildman–Crippen LogP) is 1.45. The van der Waals surface area contributed by atoms with Crippen molar-refractivity contribution in [1.29, 1.82) is 0 Å². The van der Waals surface area contributed by atoms with E-state index in [1.54, 1.807) is 4.90 Å². The molecule has 2 rings (SSSR count). The molecule has 3 N–H and O–H groups in total. The lowest BCUT2D eigenvalue weighted by Crippen LogP contribution is -2.37. The number of benzene rings is 1. The van der Waals surface area contributed by atoms with Crippen LogP contribution in [0.4, 0.5) is 5.69 Å². The molecule has 0 bridgehead atoms. The Bertz CT molecular complexity index is 528. The van der Waals surface area contributed by atoms with Gasteiger partial charge in [0.15, 0.2) is 0 Å². The normalized spacial score (nSPS) is 17.9. The zero-order valence-electron chi connectivity index (χ0n) is 13.0. The minimum atomic E-state index is -0.389. The number of ether oxygens (including phenoxy) is 1. The zero-order valence-corrected chi connectivity index (χ0v) is 13.0. The SMILES string of the molecule is CC(C)CCOc1ccc(N2CC(C(=O)NN)CC2=O)cc1. The number of nitrogens with one attached hydrogen (secondary N) is 1. The van der Waals surface area contributed by atoms with Crippen molar-refractivity contribution in [1.82, 2.24) is 5.43 Å². The molecule has 1 atom stereocenters. The highest BCUT2D eigenvalue weighted by molar-refractivity contribution is 6.00. The maximum absolute atomic E-state index is 12.0. The molecule has 6 heteroatoms. The van der Waals surface area contributed by atoms with Crippen LogP contribution in [-0.4, -0.2) is 25.0 Å². The molecule has 1 saturated heterocycles. The number of hydrogen-bond acceptors (Lipinski definition) is 4. The first-order chi connectivity index (χ1) is 10.5. The summed E-state index contributed by atoms with van der Waals surface area (Å²) in [5.41, 5.74) is 2.87. The molecular weight excluding hydrogens is 282 g/mol. The first-order valence-electron chi connectivity index (χ1n) is 7.55. The van der Waals surface area contributed by atoms with E-state index in [4.69, 9.17) is 10.6 Å². The van der Waals surface area contributed by atoms with E-state index in [2.05, 4.69) is 19.3 Å². The Balaban J connectivity index is 1.95. The van der Waals surface area contributed by atoms with E-state index in [0.29, 0.717) is 19.1 Å². The lowest BCUT2D eigenvalue weighted by Gasteiger charge is -2.17. The number of hydrogen-bond donors (Lipinski definition) is 2. The number of carbonyl (C=O) groups excluding carboxylic acids is 2. The maximum atomic E-state index is 12.0. The van der Waals surface area contributed by atoms with Crippen LogP contribution < -0.4 is 20.9 Å². The second-order valence-electron chi connectivity index (χ2n) is 5.94. The molecule has 6 nitrogen and oxygen atoms in total. The van der Waals surface area contributed by atoms with E-state index < -0.39 is 0 Å². The Morgan fingerprint density at radius 1 is 1.41 bits per heavy atom. The lowest BCUT2D eigenvalue weighted by atomic mass is 10.1. The fraction of sp³-hybridized carbons (Fsp3) is 0.500. The fourth-order valence-corrected chi connectivity index (χ4v) is 2.39. The number of nitrogens with zero attached hydrogens (tertiary/aromatic N) is 1. The van der Waals surface area contributed by atoms with Gasteiger partial charge in [0.05, 0.1) is 12.5 Å². The molecule has 22 heavy (non-hydrogen) atoms. The molecule has 0 radical (unpaired) electrons. The molecule has 1 unspecified atom stereocenters. The van der Waals surface area contributed by atoms with E-state index in [1.165, 1.54) is 0 Å². The number of rotatable bonds is 6. The van der Waals surface area contributed by atoms with Gasteiger partial charge in [0, 0.05) is 18.7 Å². The summed E-state index contributed by atoms with van der Waals surface area (Å²) < 4.78 is 5.65. The van der Waals surface area contributed by atoms with Gasteiger partial charge < -0.3 is 9.64 Å². The van der Waals surface area contributed by atoms with Crippen LogP contribution in [0.2, 0.25) is 0 Å². The van der Waals surface area contributed by atoms with Crippen molar-refractivity contribution < 1.29 is 14.3 Å². The van der Waals surface area contributed by atoms with Crippen molar-refractivity contribution in [3.63, 3.8) is 0 Å². The maximum Gasteiger partial charge on any atom is 0.239 e. The summed E-state index contributed by atoms with van der Waals surface area (Å²) >= 11 is 0. The highest BCUT2D eigenvalue weighted by atomic mass is 16.5. The predicted molar refractivity (Wildman–Crippen MR) is 84.2 cm³/mol. The zero-order chi connectivity index (χ0) is 16.1. The fourth-order valence-electron chi connectivity index (χ4n) is 2.39. The number of amides is 2. The lowest BCUT2D eigenvalue weighted by molar-refractivity contribution is -0.126. The van der Waals surface area contributed by atoms with Crippen molar-refractivity contribution in [2.75, 3.05) is 18.1 Å². The summed E-state index contributed by atoms with van der Waals surface area (Å²) in [6.07, 6.45) is 1.19. The first-order valence-corrected chi connectivity index (χ1v) is 7.55. The molecule has 1 aromatic carbocycles. The van der Waals surface area contributed by atoms with E-state index in [1.807, 2.05) is 24.3 Å². The number of nitrogens with two attached hydrogens (primary N) is 1. The van der Waals surface area contributed by atoms with Gasteiger partial charge in [-0.05, 0) is 36.6 Å². The third-order valence-corrected chi connectivity index (χ3v) is 3.75. The summed E-state index contributed by atoms with van der Waals surface area (Å²) in [6, 6.07) is 7.37. The summed E-state index contributed by atoms with van der Waals surface area (Å²) in [4.78, 5) is 25.1. The molecule has 1 heterocycles. The van der Waals surface area contributed by atoms with Crippen LogP contribution in [0.5, 0.6) is 5.75 Å². The minimum Gasteiger partial charge on any atom is -0.494 e. The number of anilines is 1. The van der Waals surface area contributed by atoms with Gasteiger partial charge in [0.2, 0.25) is 11.8 Å². The van der Waals surface area contributed by atoms with E-state index in [9.17, 15) is 9.59 Å². The molecule has 0 aliphatic carbocycles. The van der Waals surface area contributed by atoms with Crippen LogP contribution in [0.3, 0.4) is 0 Å². The van der Waals surface area contributed by atoms with Crippen molar-refractivity contribution in [3.05, 3.63) is 24.3 Å². The van der Waals surface area contributed by atoms with Crippen molar-refractivity contribution in [3.8, 4) is 5.75 Å². The summed E-state index contributed by atoms with van der Waals surface area (Å²) in [7, 11) is 0. The second kappa shape index (κ2) is 7.26. The van der Waals surface area contributed by atoms with E-state index in [0.717, 1.165) is 17.9 Å². The van der Waals surface area contributed by atoms with Gasteiger partial charge in [0.1, 0.15) is 5.75 Å². The number of hydrazine groups is 1. The minimum absolute atomic E-state index is 0.0675. The molecule has 2 amide bonds. The van der Waals surface area contributed by atoms with Gasteiger partial charge in [0.25, 0.3) is 0 Å². The Morgan fingerprint density at radius 2 is 2.09 bits per heavy atom. The average Bonchev–Trinajstić information content (AvgIpc) is 2.89. The standard InChI is InChI=1S/C16H23N3O3/c1-11(2)7-8-22-14-5-3-13(4-6-14)19-10-12(9-15(19)20)16(21)18-17/h3-6,11-12H,7-10,17H2,1-2H3,(H,18,21). The quantitative estimate of drug-likeness (QED) is 0.473. The van der Waals surface area contributed by atoms with Gasteiger partial charge in [-0.2, -0.15) is 0 Å². The van der Waals surface area contributed by atoms with E-state index in [-0.39, 0.29) is 24.2 Å². The highest BCUT2D eigenvalue weighted by Crippen LogP contribution is 2.27. The summed E-state index contributed by atoms with van der Waals surface area (Å²) in [5.74, 6) is 5.75. The smallest absolute Gasteiger partial charge is 0.239 e. The van der Waals surface area contributed by atoms with Gasteiger partial charge in [-0.1, -0.05) is 13.8 Å². The van der Waals surface area contributed by atoms with Gasteiger partial charge in [-0.3, -0.25) is 15.0 Å². The van der Waals surface area contributed by atoms with Crippen LogP contribution in [0.25, 0.3) is 0 Å². The number of carbonyl (C=O) groups is 2. The average molecular weight is 305 g/mol. The highest BCUT2D eigenvalue weighted by Gasteiger charge is 2.34. The van der Waals surface area contributed by atoms with Crippen molar-refractivity contribution in [2.24, 2.45) is 17.7 Å². The molecule has 1 aliphatic heterocycles. The Kier molecular flexibility index (Phi) is 5.38. The van der Waals surface area contributed by atoms with Gasteiger partial charge in [-0.25, -0.2) is 5.84 Å². The van der Waals surface area contributed by atoms with Gasteiger partial charge >= 0.3 is 0 Å². The molecule has 0 saturated carbocycles. The van der Waals surface area contributed by atoms with Crippen LogP contribution in [-0.2, 0) is 9.59 Å². The Labute approximate surface area is 130 Å². The Hall–Kier alpha value is -2.08. The van der Waals surface area contributed by atoms with Gasteiger partial charge in [-0.15, -0.1) is 0 Å². The molecule has 1 fully saturated rings. The third-order valence-electron chi connectivity index (χ3n) is 3.75. The third kappa shape index (κ3) is 3.98. The largest absolute Gasteiger partial charge is 0.494 e. The van der Waals surface area contributed by atoms with Crippen LogP contribution in [0, 0.1) is 11.8 Å². The Morgan fingerprint density at radius 3 is 2.68 bits per heavy atom. The molecule has 120 valence electrons. The monoisotopic (exact) mass is 305 g/mol. The molecular formula is C16H23N3O3. The molecule has 1 aliphatic rings. The van der Waals surface area contributed by atoms with Crippen LogP contribution in [0.15, 0.2) is 24.3 Å². The second-order valence-corrected chi connectivity index (χ2v) is 5.94. The molecule has 1 aromatic rings. The van der Waals surface area contributed by atoms with E-state index >= 15 is 0 Å². The first kappa shape index (κ1) is 16.3. The topological polar surface area (TPSA) is 84.7 Å². The summed E-state index contributed by atoms with van der Waals surface area (Å²) in [6.45, 7) is 5.34. The van der Waals surface area contributed by atoms with Crippen molar-refractivity contribution in [2.45, 2.75) is 26.7 Å². The summed E-state index contributed by atoms with van der Waals surface area (Å²) in [5, 5.41) is 0. The molecule has 0 aromatic heterocycles. The van der Waals surface area contributed by atoms with Crippen LogP contribution in [0.1, 0.15) is 26.7 Å². The van der Waals surface area contributed by atoms with Crippen LogP contribution >= 0.6 is 0 Å². The molecule has 0 spiro atoms. The van der Waals surface area contributed by atoms with Crippen molar-refractivity contribution >= 4 is 17.5 Å².